The van der Waals surface area contributed by atoms with Gasteiger partial charge in [-0.25, -0.2) is 18.1 Å². The fourth-order valence-corrected chi connectivity index (χ4v) is 2.66. The third kappa shape index (κ3) is 4.47. The highest BCUT2D eigenvalue weighted by molar-refractivity contribution is 7.89. The van der Waals surface area contributed by atoms with Crippen molar-refractivity contribution >= 4 is 10.0 Å². The Bertz CT molecular complexity index is 400. The van der Waals surface area contributed by atoms with Crippen molar-refractivity contribution in [3.8, 4) is 0 Å². The number of sulfonamides is 1. The van der Waals surface area contributed by atoms with Gasteiger partial charge in [-0.1, -0.05) is 33.1 Å². The maximum atomic E-state index is 11.8. The zero-order chi connectivity index (χ0) is 12.7. The number of aromatic amines is 1. The van der Waals surface area contributed by atoms with Gasteiger partial charge in [-0.3, -0.25) is 0 Å². The summed E-state index contributed by atoms with van der Waals surface area (Å²) in [6.07, 6.45) is 7.02. The van der Waals surface area contributed by atoms with Crippen LogP contribution in [0.2, 0.25) is 0 Å². The Kier molecular flexibility index (Phi) is 5.64. The molecule has 1 aromatic heterocycles. The maximum absolute atomic E-state index is 11.8. The predicted octanol–water partition coefficient (Wildman–Crippen LogP) is 1.90. The van der Waals surface area contributed by atoms with Crippen LogP contribution in [0.3, 0.4) is 0 Å². The summed E-state index contributed by atoms with van der Waals surface area (Å²) >= 11 is 0. The highest BCUT2D eigenvalue weighted by Gasteiger charge is 2.17. The zero-order valence-corrected chi connectivity index (χ0v) is 11.3. The van der Waals surface area contributed by atoms with Gasteiger partial charge in [0.05, 0.1) is 12.5 Å². The lowest BCUT2D eigenvalue weighted by molar-refractivity contribution is 0.443. The summed E-state index contributed by atoms with van der Waals surface area (Å²) in [5, 5.41) is 0.128. The molecule has 2 N–H and O–H groups in total. The number of nitrogens with one attached hydrogen (secondary N) is 2. The fourth-order valence-electron chi connectivity index (χ4n) is 1.64. The van der Waals surface area contributed by atoms with Gasteiger partial charge in [-0.05, 0) is 12.3 Å². The highest BCUT2D eigenvalue weighted by Crippen LogP contribution is 2.12. The first-order valence-corrected chi connectivity index (χ1v) is 7.56. The second-order valence-electron chi connectivity index (χ2n) is 4.18. The third-order valence-electron chi connectivity index (χ3n) is 2.87. The number of hydrogen-bond acceptors (Lipinski definition) is 3. The van der Waals surface area contributed by atoms with Crippen LogP contribution in [0.15, 0.2) is 17.6 Å². The van der Waals surface area contributed by atoms with Gasteiger partial charge in [0, 0.05) is 6.54 Å². The fraction of sp³-hybridized carbons (Fsp3) is 0.727. The van der Waals surface area contributed by atoms with Crippen molar-refractivity contribution in [2.75, 3.05) is 6.54 Å². The summed E-state index contributed by atoms with van der Waals surface area (Å²) in [7, 11) is -3.42. The van der Waals surface area contributed by atoms with Crippen molar-refractivity contribution < 1.29 is 8.42 Å². The first-order valence-electron chi connectivity index (χ1n) is 6.08. The lowest BCUT2D eigenvalue weighted by Gasteiger charge is -2.14. The number of imidazole rings is 1. The Morgan fingerprint density at radius 3 is 2.76 bits per heavy atom. The van der Waals surface area contributed by atoms with E-state index >= 15 is 0 Å². The van der Waals surface area contributed by atoms with Gasteiger partial charge in [-0.15, -0.1) is 0 Å². The number of aromatic nitrogens is 2. The summed E-state index contributed by atoms with van der Waals surface area (Å²) < 4.78 is 26.2. The van der Waals surface area contributed by atoms with E-state index in [-0.39, 0.29) is 5.03 Å². The molecule has 0 saturated heterocycles. The number of rotatable bonds is 8. The lowest BCUT2D eigenvalue weighted by Crippen LogP contribution is -2.29. The molecule has 98 valence electrons. The van der Waals surface area contributed by atoms with Crippen LogP contribution in [-0.4, -0.2) is 24.9 Å². The molecule has 5 nitrogen and oxygen atoms in total. The van der Waals surface area contributed by atoms with Crippen LogP contribution in [0, 0.1) is 5.92 Å². The summed E-state index contributed by atoms with van der Waals surface area (Å²) in [6, 6.07) is 0. The first-order chi connectivity index (χ1) is 8.10. The molecule has 0 saturated carbocycles. The SMILES string of the molecule is CCCCC(CC)CNS(=O)(=O)c1cnc[nH]1. The standard InChI is InChI=1S/C11H21N3O2S/c1-3-5-6-10(4-2)7-14-17(15,16)11-8-12-9-13-11/h8-10,14H,3-7H2,1-2H3,(H,12,13). The average molecular weight is 259 g/mol. The van der Waals surface area contributed by atoms with Crippen molar-refractivity contribution in [3.63, 3.8) is 0 Å². The molecule has 0 spiro atoms. The van der Waals surface area contributed by atoms with Crippen molar-refractivity contribution in [2.24, 2.45) is 5.92 Å². The summed E-state index contributed by atoms with van der Waals surface area (Å²) in [6.45, 7) is 4.73. The number of H-pyrrole nitrogens is 1. The average Bonchev–Trinajstić information content (AvgIpc) is 2.83. The van der Waals surface area contributed by atoms with Gasteiger partial charge >= 0.3 is 0 Å². The van der Waals surface area contributed by atoms with Gasteiger partial charge in [-0.2, -0.15) is 0 Å². The van der Waals surface area contributed by atoms with E-state index in [0.29, 0.717) is 12.5 Å². The minimum atomic E-state index is -3.42. The topological polar surface area (TPSA) is 74.8 Å². The van der Waals surface area contributed by atoms with Gasteiger partial charge in [0.25, 0.3) is 10.0 Å². The molecule has 1 heterocycles. The Labute approximate surface area is 103 Å². The highest BCUT2D eigenvalue weighted by atomic mass is 32.2. The molecular formula is C11H21N3O2S. The Hall–Kier alpha value is -0.880. The van der Waals surface area contributed by atoms with Crippen molar-refractivity contribution in [2.45, 2.75) is 44.6 Å². The van der Waals surface area contributed by atoms with E-state index in [1.165, 1.54) is 12.5 Å². The maximum Gasteiger partial charge on any atom is 0.257 e. The third-order valence-corrected chi connectivity index (χ3v) is 4.22. The Morgan fingerprint density at radius 2 is 2.24 bits per heavy atom. The number of unbranched alkanes of at least 4 members (excludes halogenated alkanes) is 1. The monoisotopic (exact) mass is 259 g/mol. The second kappa shape index (κ2) is 6.76. The molecule has 0 aliphatic heterocycles. The van der Waals surface area contributed by atoms with E-state index in [4.69, 9.17) is 0 Å². The van der Waals surface area contributed by atoms with Crippen LogP contribution < -0.4 is 4.72 Å². The number of nitrogens with zero attached hydrogens (tertiary/aromatic N) is 1. The summed E-state index contributed by atoms with van der Waals surface area (Å²) in [4.78, 5) is 6.31. The van der Waals surface area contributed by atoms with E-state index in [2.05, 4.69) is 28.5 Å². The molecule has 1 atom stereocenters. The normalized spacial score (nSPS) is 13.8. The molecule has 0 fully saturated rings. The van der Waals surface area contributed by atoms with Crippen molar-refractivity contribution in [1.29, 1.82) is 0 Å². The summed E-state index contributed by atoms with van der Waals surface area (Å²) in [5.41, 5.74) is 0. The molecule has 0 radical (unpaired) electrons. The largest absolute Gasteiger partial charge is 0.335 e. The van der Waals surface area contributed by atoms with Gasteiger partial charge in [0.15, 0.2) is 5.03 Å². The molecule has 1 rings (SSSR count). The van der Waals surface area contributed by atoms with Gasteiger partial charge < -0.3 is 4.98 Å². The van der Waals surface area contributed by atoms with E-state index in [1.54, 1.807) is 0 Å². The van der Waals surface area contributed by atoms with Gasteiger partial charge in [0.1, 0.15) is 0 Å². The smallest absolute Gasteiger partial charge is 0.257 e. The molecule has 0 aromatic carbocycles. The Balaban J connectivity index is 2.49. The molecular weight excluding hydrogens is 238 g/mol. The minimum absolute atomic E-state index is 0.128. The van der Waals surface area contributed by atoms with Crippen LogP contribution >= 0.6 is 0 Å². The quantitative estimate of drug-likeness (QED) is 0.748. The van der Waals surface area contributed by atoms with Crippen LogP contribution in [0.25, 0.3) is 0 Å². The summed E-state index contributed by atoms with van der Waals surface area (Å²) in [5.74, 6) is 0.410. The molecule has 0 aliphatic rings. The minimum Gasteiger partial charge on any atom is -0.335 e. The predicted molar refractivity (Wildman–Crippen MR) is 67.1 cm³/mol. The lowest BCUT2D eigenvalue weighted by atomic mass is 10.00. The zero-order valence-electron chi connectivity index (χ0n) is 10.4. The van der Waals surface area contributed by atoms with Gasteiger partial charge in [0.2, 0.25) is 0 Å². The first kappa shape index (κ1) is 14.2. The van der Waals surface area contributed by atoms with Crippen LogP contribution in [-0.2, 0) is 10.0 Å². The second-order valence-corrected chi connectivity index (χ2v) is 5.92. The van der Waals surface area contributed by atoms with E-state index in [9.17, 15) is 8.42 Å². The van der Waals surface area contributed by atoms with Crippen LogP contribution in [0.4, 0.5) is 0 Å². The molecule has 0 bridgehead atoms. The molecule has 0 aliphatic carbocycles. The van der Waals surface area contributed by atoms with Crippen LogP contribution in [0.5, 0.6) is 0 Å². The van der Waals surface area contributed by atoms with E-state index < -0.39 is 10.0 Å². The van der Waals surface area contributed by atoms with Crippen molar-refractivity contribution in [3.05, 3.63) is 12.5 Å². The number of hydrogen-bond donors (Lipinski definition) is 2. The van der Waals surface area contributed by atoms with E-state index in [1.807, 2.05) is 0 Å². The van der Waals surface area contributed by atoms with E-state index in [0.717, 1.165) is 25.7 Å². The molecule has 1 unspecified atom stereocenters. The molecule has 1 aromatic rings. The molecule has 6 heteroatoms. The van der Waals surface area contributed by atoms with Crippen LogP contribution in [0.1, 0.15) is 39.5 Å². The van der Waals surface area contributed by atoms with Crippen molar-refractivity contribution in [1.82, 2.24) is 14.7 Å². The molecule has 17 heavy (non-hydrogen) atoms. The molecule has 0 amide bonds. The Morgan fingerprint density at radius 1 is 1.47 bits per heavy atom.